The number of carbonyl (C=O) groups is 1. The van der Waals surface area contributed by atoms with Gasteiger partial charge in [0.15, 0.2) is 0 Å². The van der Waals surface area contributed by atoms with E-state index >= 15 is 0 Å². The molecular weight excluding hydrogens is 278 g/mol. The maximum Gasteiger partial charge on any atom is 0.337 e. The summed E-state index contributed by atoms with van der Waals surface area (Å²) in [6, 6.07) is 15.6. The minimum absolute atomic E-state index is 0.204. The van der Waals surface area contributed by atoms with Crippen molar-refractivity contribution in [1.82, 2.24) is 5.32 Å². The van der Waals surface area contributed by atoms with Crippen LogP contribution in [-0.2, 0) is 11.3 Å². The van der Waals surface area contributed by atoms with E-state index < -0.39 is 0 Å². The second-order valence-electron chi connectivity index (χ2n) is 5.07. The van der Waals surface area contributed by atoms with Crippen molar-refractivity contribution in [2.45, 2.75) is 19.5 Å². The Labute approximate surface area is 131 Å². The lowest BCUT2D eigenvalue weighted by Gasteiger charge is -2.15. The number of hydrogen-bond acceptors (Lipinski definition) is 4. The summed E-state index contributed by atoms with van der Waals surface area (Å²) in [5.41, 5.74) is 2.85. The molecule has 0 saturated carbocycles. The monoisotopic (exact) mass is 299 g/mol. The molecule has 0 aliphatic carbocycles. The van der Waals surface area contributed by atoms with Crippen molar-refractivity contribution >= 4 is 5.97 Å². The van der Waals surface area contributed by atoms with Crippen LogP contribution in [0.4, 0.5) is 0 Å². The van der Waals surface area contributed by atoms with E-state index in [0.29, 0.717) is 5.56 Å². The van der Waals surface area contributed by atoms with Crippen molar-refractivity contribution in [3.63, 3.8) is 0 Å². The molecule has 1 N–H and O–H groups in total. The average molecular weight is 299 g/mol. The van der Waals surface area contributed by atoms with E-state index in [2.05, 4.69) is 23.0 Å². The number of esters is 1. The summed E-state index contributed by atoms with van der Waals surface area (Å²) < 4.78 is 9.93. The molecule has 4 nitrogen and oxygen atoms in total. The Morgan fingerprint density at radius 3 is 2.50 bits per heavy atom. The largest absolute Gasteiger partial charge is 0.497 e. The molecule has 0 heterocycles. The fourth-order valence-corrected chi connectivity index (χ4v) is 2.18. The third-order valence-electron chi connectivity index (χ3n) is 3.58. The van der Waals surface area contributed by atoms with Gasteiger partial charge in [-0.15, -0.1) is 0 Å². The molecule has 0 bridgehead atoms. The molecule has 116 valence electrons. The highest BCUT2D eigenvalue weighted by Crippen LogP contribution is 2.19. The summed E-state index contributed by atoms with van der Waals surface area (Å²) in [5.74, 6) is 0.540. The maximum atomic E-state index is 11.4. The number of carbonyl (C=O) groups excluding carboxylic acids is 1. The maximum absolute atomic E-state index is 11.4. The topological polar surface area (TPSA) is 47.6 Å². The van der Waals surface area contributed by atoms with Gasteiger partial charge in [0.25, 0.3) is 0 Å². The SMILES string of the molecule is COC(=O)c1ccc(CNC(C)c2cccc(OC)c2)cc1. The molecule has 0 spiro atoms. The Bertz CT molecular complexity index is 622. The fraction of sp³-hybridized carbons (Fsp3) is 0.278. The third kappa shape index (κ3) is 4.09. The van der Waals surface area contributed by atoms with E-state index in [1.165, 1.54) is 12.7 Å². The first-order valence-corrected chi connectivity index (χ1v) is 7.18. The van der Waals surface area contributed by atoms with Gasteiger partial charge >= 0.3 is 5.97 Å². The van der Waals surface area contributed by atoms with Gasteiger partial charge in [0.05, 0.1) is 19.8 Å². The lowest BCUT2D eigenvalue weighted by Crippen LogP contribution is -2.18. The molecule has 0 fully saturated rings. The molecule has 0 aromatic heterocycles. The van der Waals surface area contributed by atoms with E-state index in [-0.39, 0.29) is 12.0 Å². The number of hydrogen-bond donors (Lipinski definition) is 1. The van der Waals surface area contributed by atoms with Gasteiger partial charge in [-0.05, 0) is 42.3 Å². The number of nitrogens with one attached hydrogen (secondary N) is 1. The Hall–Kier alpha value is -2.33. The fourth-order valence-electron chi connectivity index (χ4n) is 2.18. The van der Waals surface area contributed by atoms with Crippen LogP contribution in [0.5, 0.6) is 5.75 Å². The van der Waals surface area contributed by atoms with Gasteiger partial charge in [0.1, 0.15) is 5.75 Å². The van der Waals surface area contributed by atoms with Crippen LogP contribution < -0.4 is 10.1 Å². The molecule has 2 aromatic rings. The van der Waals surface area contributed by atoms with Crippen molar-refractivity contribution in [3.05, 3.63) is 65.2 Å². The van der Waals surface area contributed by atoms with Crippen LogP contribution in [0.15, 0.2) is 48.5 Å². The highest BCUT2D eigenvalue weighted by Gasteiger charge is 2.07. The van der Waals surface area contributed by atoms with Gasteiger partial charge < -0.3 is 14.8 Å². The summed E-state index contributed by atoms with van der Waals surface area (Å²) in [5, 5.41) is 3.46. The van der Waals surface area contributed by atoms with Crippen LogP contribution in [0.3, 0.4) is 0 Å². The summed E-state index contributed by atoms with van der Waals surface area (Å²) in [7, 11) is 3.05. The zero-order chi connectivity index (χ0) is 15.9. The Balaban J connectivity index is 1.95. The minimum atomic E-state index is -0.316. The first kappa shape index (κ1) is 16.0. The van der Waals surface area contributed by atoms with Gasteiger partial charge in [-0.1, -0.05) is 24.3 Å². The van der Waals surface area contributed by atoms with E-state index in [1.54, 1.807) is 19.2 Å². The van der Waals surface area contributed by atoms with Crippen LogP contribution >= 0.6 is 0 Å². The Kier molecular flexibility index (Phi) is 5.55. The van der Waals surface area contributed by atoms with E-state index in [0.717, 1.165) is 17.9 Å². The van der Waals surface area contributed by atoms with Crippen molar-refractivity contribution in [1.29, 1.82) is 0 Å². The molecule has 4 heteroatoms. The van der Waals surface area contributed by atoms with Gasteiger partial charge in [-0.3, -0.25) is 0 Å². The van der Waals surface area contributed by atoms with Crippen LogP contribution in [0, 0.1) is 0 Å². The van der Waals surface area contributed by atoms with E-state index in [1.807, 2.05) is 30.3 Å². The van der Waals surface area contributed by atoms with Crippen molar-refractivity contribution in [2.24, 2.45) is 0 Å². The highest BCUT2D eigenvalue weighted by molar-refractivity contribution is 5.89. The molecule has 0 aliphatic rings. The molecule has 2 rings (SSSR count). The van der Waals surface area contributed by atoms with Gasteiger partial charge in [-0.25, -0.2) is 4.79 Å². The normalized spacial score (nSPS) is 11.8. The van der Waals surface area contributed by atoms with Gasteiger partial charge in [0.2, 0.25) is 0 Å². The van der Waals surface area contributed by atoms with Crippen molar-refractivity contribution in [3.8, 4) is 5.75 Å². The van der Waals surface area contributed by atoms with Crippen LogP contribution in [0.1, 0.15) is 34.5 Å². The molecule has 2 aromatic carbocycles. The second kappa shape index (κ2) is 7.61. The summed E-state index contributed by atoms with van der Waals surface area (Å²) in [6.45, 7) is 2.83. The molecule has 1 unspecified atom stereocenters. The third-order valence-corrected chi connectivity index (χ3v) is 3.58. The van der Waals surface area contributed by atoms with Gasteiger partial charge in [0, 0.05) is 12.6 Å². The summed E-state index contributed by atoms with van der Waals surface area (Å²) >= 11 is 0. The second-order valence-corrected chi connectivity index (χ2v) is 5.07. The van der Waals surface area contributed by atoms with Crippen molar-refractivity contribution in [2.75, 3.05) is 14.2 Å². The molecule has 0 amide bonds. The predicted octanol–water partition coefficient (Wildman–Crippen LogP) is 3.33. The number of methoxy groups -OCH3 is 2. The lowest BCUT2D eigenvalue weighted by atomic mass is 10.1. The minimum Gasteiger partial charge on any atom is -0.497 e. The number of ether oxygens (including phenoxy) is 2. The Morgan fingerprint density at radius 1 is 1.14 bits per heavy atom. The molecular formula is C18H21NO3. The number of benzene rings is 2. The predicted molar refractivity (Wildman–Crippen MR) is 86.0 cm³/mol. The average Bonchev–Trinajstić information content (AvgIpc) is 2.59. The first-order valence-electron chi connectivity index (χ1n) is 7.18. The van der Waals surface area contributed by atoms with Crippen LogP contribution in [0.25, 0.3) is 0 Å². The molecule has 0 saturated heterocycles. The molecule has 0 radical (unpaired) electrons. The van der Waals surface area contributed by atoms with Gasteiger partial charge in [-0.2, -0.15) is 0 Å². The van der Waals surface area contributed by atoms with Crippen LogP contribution in [0.2, 0.25) is 0 Å². The number of rotatable bonds is 6. The van der Waals surface area contributed by atoms with Crippen LogP contribution in [-0.4, -0.2) is 20.2 Å². The molecule has 0 aliphatic heterocycles. The van der Waals surface area contributed by atoms with E-state index in [9.17, 15) is 4.79 Å². The quantitative estimate of drug-likeness (QED) is 0.831. The smallest absolute Gasteiger partial charge is 0.337 e. The standard InChI is InChI=1S/C18H21NO3/c1-13(16-5-4-6-17(11-16)21-2)19-12-14-7-9-15(10-8-14)18(20)22-3/h4-11,13,19H,12H2,1-3H3. The van der Waals surface area contributed by atoms with Crippen molar-refractivity contribution < 1.29 is 14.3 Å². The first-order chi connectivity index (χ1) is 10.6. The Morgan fingerprint density at radius 2 is 1.86 bits per heavy atom. The molecule has 22 heavy (non-hydrogen) atoms. The summed E-state index contributed by atoms with van der Waals surface area (Å²) in [6.07, 6.45) is 0. The highest BCUT2D eigenvalue weighted by atomic mass is 16.5. The molecule has 1 atom stereocenters. The summed E-state index contributed by atoms with van der Waals surface area (Å²) in [4.78, 5) is 11.4. The van der Waals surface area contributed by atoms with E-state index in [4.69, 9.17) is 4.74 Å². The lowest BCUT2D eigenvalue weighted by molar-refractivity contribution is 0.0600. The zero-order valence-corrected chi connectivity index (χ0v) is 13.1. The zero-order valence-electron chi connectivity index (χ0n) is 13.1.